The molecule has 2 aromatic carbocycles. The molecule has 0 aromatic heterocycles. The van der Waals surface area contributed by atoms with E-state index in [4.69, 9.17) is 11.6 Å². The molecule has 0 bridgehead atoms. The largest absolute Gasteiger partial charge is 0.506 e. The Kier molecular flexibility index (Phi) is 4.68. The van der Waals surface area contributed by atoms with Crippen LogP contribution in [0.15, 0.2) is 40.9 Å². The van der Waals surface area contributed by atoms with Gasteiger partial charge in [-0.25, -0.2) is 0 Å². The number of hydrogen-bond acceptors (Lipinski definition) is 2. The lowest BCUT2D eigenvalue weighted by molar-refractivity contribution is -0.137. The molecule has 7 heteroatoms. The van der Waals surface area contributed by atoms with Crippen LogP contribution in [0.3, 0.4) is 0 Å². The summed E-state index contributed by atoms with van der Waals surface area (Å²) in [5.41, 5.74) is 0.341. The third-order valence-electron chi connectivity index (χ3n) is 2.79. The van der Waals surface area contributed by atoms with Crippen molar-refractivity contribution in [3.05, 3.63) is 57.0 Å². The molecule has 0 aliphatic rings. The van der Waals surface area contributed by atoms with Gasteiger partial charge in [-0.05, 0) is 51.8 Å². The van der Waals surface area contributed by atoms with Gasteiger partial charge in [-0.3, -0.25) is 0 Å². The van der Waals surface area contributed by atoms with Crippen molar-refractivity contribution >= 4 is 33.2 Å². The number of benzene rings is 2. The van der Waals surface area contributed by atoms with E-state index in [2.05, 4.69) is 21.2 Å². The molecule has 2 N–H and O–H groups in total. The Morgan fingerprint density at radius 1 is 1.14 bits per heavy atom. The van der Waals surface area contributed by atoms with Crippen molar-refractivity contribution in [2.24, 2.45) is 0 Å². The van der Waals surface area contributed by atoms with Crippen LogP contribution in [0, 0.1) is 0 Å². The lowest BCUT2D eigenvalue weighted by Gasteiger charge is -2.13. The lowest BCUT2D eigenvalue weighted by atomic mass is 10.1. The standard InChI is InChI=1S/C14H10BrClF3NO/c15-10-3-2-9(14(17,18)19)6-12(10)20-7-8-1-4-13(21)11(16)5-8/h1-6,20-21H,7H2. The number of nitrogens with one attached hydrogen (secondary N) is 1. The summed E-state index contributed by atoms with van der Waals surface area (Å²) in [7, 11) is 0. The van der Waals surface area contributed by atoms with Gasteiger partial charge in [-0.2, -0.15) is 13.2 Å². The van der Waals surface area contributed by atoms with Crippen LogP contribution < -0.4 is 5.32 Å². The molecule has 0 saturated heterocycles. The van der Waals surface area contributed by atoms with Gasteiger partial charge in [-0.15, -0.1) is 0 Å². The van der Waals surface area contributed by atoms with E-state index in [1.54, 1.807) is 12.1 Å². The van der Waals surface area contributed by atoms with Crippen LogP contribution in [0.25, 0.3) is 0 Å². The molecule has 2 nitrogen and oxygen atoms in total. The Labute approximate surface area is 132 Å². The Balaban J connectivity index is 2.17. The summed E-state index contributed by atoms with van der Waals surface area (Å²) in [6.45, 7) is 0.278. The number of rotatable bonds is 3. The molecule has 0 aliphatic heterocycles. The normalized spacial score (nSPS) is 11.5. The SMILES string of the molecule is Oc1ccc(CNc2cc(C(F)(F)F)ccc2Br)cc1Cl. The molecule has 0 aliphatic carbocycles. The maximum atomic E-state index is 12.7. The Bertz CT molecular complexity index is 661. The van der Waals surface area contributed by atoms with Crippen molar-refractivity contribution in [1.82, 2.24) is 0 Å². The van der Waals surface area contributed by atoms with Gasteiger partial charge < -0.3 is 10.4 Å². The summed E-state index contributed by atoms with van der Waals surface area (Å²) in [6.07, 6.45) is -4.39. The van der Waals surface area contributed by atoms with Crippen molar-refractivity contribution in [2.75, 3.05) is 5.32 Å². The van der Waals surface area contributed by atoms with Gasteiger partial charge in [-0.1, -0.05) is 17.7 Å². The molecule has 0 radical (unpaired) electrons. The van der Waals surface area contributed by atoms with E-state index >= 15 is 0 Å². The fourth-order valence-corrected chi connectivity index (χ4v) is 2.28. The number of alkyl halides is 3. The van der Waals surface area contributed by atoms with Gasteiger partial charge in [0.1, 0.15) is 5.75 Å². The fourth-order valence-electron chi connectivity index (χ4n) is 1.69. The highest BCUT2D eigenvalue weighted by molar-refractivity contribution is 9.10. The van der Waals surface area contributed by atoms with E-state index in [1.807, 2.05) is 0 Å². The average molecular weight is 381 g/mol. The molecule has 2 aromatic rings. The minimum absolute atomic E-state index is 0.0410. The Morgan fingerprint density at radius 3 is 2.48 bits per heavy atom. The van der Waals surface area contributed by atoms with Crippen molar-refractivity contribution in [1.29, 1.82) is 0 Å². The van der Waals surface area contributed by atoms with E-state index in [-0.39, 0.29) is 17.3 Å². The second kappa shape index (κ2) is 6.15. The number of hydrogen-bond donors (Lipinski definition) is 2. The van der Waals surface area contributed by atoms with E-state index in [0.29, 0.717) is 10.2 Å². The summed E-state index contributed by atoms with van der Waals surface area (Å²) in [6, 6.07) is 8.00. The first-order valence-corrected chi connectivity index (χ1v) is 7.02. The fraction of sp³-hybridized carbons (Fsp3) is 0.143. The van der Waals surface area contributed by atoms with E-state index in [0.717, 1.165) is 17.7 Å². The zero-order valence-electron chi connectivity index (χ0n) is 10.5. The molecule has 0 unspecified atom stereocenters. The number of anilines is 1. The summed E-state index contributed by atoms with van der Waals surface area (Å²) in [5.74, 6) is -0.0410. The molecule has 0 amide bonds. The molecule has 0 saturated carbocycles. The van der Waals surface area contributed by atoms with Crippen molar-refractivity contribution < 1.29 is 18.3 Å². The topological polar surface area (TPSA) is 32.3 Å². The third-order valence-corrected chi connectivity index (χ3v) is 3.78. The van der Waals surface area contributed by atoms with Gasteiger partial charge >= 0.3 is 6.18 Å². The quantitative estimate of drug-likeness (QED) is 0.743. The minimum atomic E-state index is -4.39. The zero-order valence-corrected chi connectivity index (χ0v) is 12.9. The molecular formula is C14H10BrClF3NO. The van der Waals surface area contributed by atoms with Crippen LogP contribution in [0.2, 0.25) is 5.02 Å². The van der Waals surface area contributed by atoms with Crippen LogP contribution in [0.5, 0.6) is 5.75 Å². The highest BCUT2D eigenvalue weighted by Crippen LogP contribution is 2.34. The Hall–Kier alpha value is -1.40. The second-order valence-corrected chi connectivity index (χ2v) is 5.59. The van der Waals surface area contributed by atoms with Crippen LogP contribution in [-0.2, 0) is 12.7 Å². The van der Waals surface area contributed by atoms with Gasteiger partial charge in [0.05, 0.1) is 10.6 Å². The molecule has 112 valence electrons. The summed E-state index contributed by atoms with van der Waals surface area (Å²) in [5, 5.41) is 12.4. The number of halogens is 5. The molecule has 0 atom stereocenters. The monoisotopic (exact) mass is 379 g/mol. The van der Waals surface area contributed by atoms with E-state index in [1.165, 1.54) is 12.1 Å². The predicted octanol–water partition coefficient (Wildman–Crippen LogP) is 5.44. The van der Waals surface area contributed by atoms with Crippen LogP contribution in [-0.4, -0.2) is 5.11 Å². The third kappa shape index (κ3) is 4.04. The number of phenols is 1. The first-order valence-electron chi connectivity index (χ1n) is 5.85. The van der Waals surface area contributed by atoms with Crippen molar-refractivity contribution in [3.8, 4) is 5.75 Å². The molecule has 0 fully saturated rings. The molecule has 2 rings (SSSR count). The minimum Gasteiger partial charge on any atom is -0.506 e. The Morgan fingerprint density at radius 2 is 1.86 bits per heavy atom. The van der Waals surface area contributed by atoms with Crippen LogP contribution in [0.4, 0.5) is 18.9 Å². The highest BCUT2D eigenvalue weighted by Gasteiger charge is 2.30. The van der Waals surface area contributed by atoms with Gasteiger partial charge in [0.25, 0.3) is 0 Å². The zero-order chi connectivity index (χ0) is 15.6. The summed E-state index contributed by atoms with van der Waals surface area (Å²) < 4.78 is 38.5. The summed E-state index contributed by atoms with van der Waals surface area (Å²) in [4.78, 5) is 0. The maximum Gasteiger partial charge on any atom is 0.416 e. The van der Waals surface area contributed by atoms with Crippen LogP contribution in [0.1, 0.15) is 11.1 Å². The predicted molar refractivity (Wildman–Crippen MR) is 79.6 cm³/mol. The van der Waals surface area contributed by atoms with Crippen molar-refractivity contribution in [2.45, 2.75) is 12.7 Å². The van der Waals surface area contributed by atoms with Crippen LogP contribution >= 0.6 is 27.5 Å². The lowest BCUT2D eigenvalue weighted by Crippen LogP contribution is -2.07. The van der Waals surface area contributed by atoms with Crippen molar-refractivity contribution in [3.63, 3.8) is 0 Å². The van der Waals surface area contributed by atoms with Gasteiger partial charge in [0, 0.05) is 16.7 Å². The maximum absolute atomic E-state index is 12.7. The van der Waals surface area contributed by atoms with Gasteiger partial charge in [0.2, 0.25) is 0 Å². The first kappa shape index (κ1) is 16.0. The summed E-state index contributed by atoms with van der Waals surface area (Å²) >= 11 is 8.98. The number of aromatic hydroxyl groups is 1. The molecular weight excluding hydrogens is 371 g/mol. The molecule has 0 heterocycles. The molecule has 21 heavy (non-hydrogen) atoms. The first-order chi connectivity index (χ1) is 9.77. The molecule has 0 spiro atoms. The average Bonchev–Trinajstić information content (AvgIpc) is 2.40. The highest BCUT2D eigenvalue weighted by atomic mass is 79.9. The van der Waals surface area contributed by atoms with Gasteiger partial charge in [0.15, 0.2) is 0 Å². The van der Waals surface area contributed by atoms with E-state index in [9.17, 15) is 18.3 Å². The second-order valence-electron chi connectivity index (χ2n) is 4.33. The van der Waals surface area contributed by atoms with E-state index < -0.39 is 11.7 Å². The smallest absolute Gasteiger partial charge is 0.416 e. The number of phenolic OH excluding ortho intramolecular Hbond substituents is 1.